The lowest BCUT2D eigenvalue weighted by atomic mass is 10.0. The summed E-state index contributed by atoms with van der Waals surface area (Å²) in [6, 6.07) is 21.1. The number of hydrogen-bond acceptors (Lipinski definition) is 4. The average Bonchev–Trinajstić information content (AvgIpc) is 2.86. The molecule has 0 fully saturated rings. The summed E-state index contributed by atoms with van der Waals surface area (Å²) in [4.78, 5) is 28.8. The van der Waals surface area contributed by atoms with E-state index in [9.17, 15) is 18.0 Å². The predicted molar refractivity (Wildman–Crippen MR) is 153 cm³/mol. The molecule has 0 spiro atoms. The molecule has 38 heavy (non-hydrogen) atoms. The highest BCUT2D eigenvalue weighted by molar-refractivity contribution is 7.92. The van der Waals surface area contributed by atoms with E-state index in [1.807, 2.05) is 62.4 Å². The Balaban J connectivity index is 2.07. The lowest BCUT2D eigenvalue weighted by Crippen LogP contribution is -2.53. The summed E-state index contributed by atoms with van der Waals surface area (Å²) in [6.07, 6.45) is 1.34. The van der Waals surface area contributed by atoms with Gasteiger partial charge in [-0.25, -0.2) is 8.42 Å². The summed E-state index contributed by atoms with van der Waals surface area (Å²) in [5.74, 6) is -0.812. The topological polar surface area (TPSA) is 86.8 Å². The number of amides is 2. The van der Waals surface area contributed by atoms with E-state index >= 15 is 0 Å². The van der Waals surface area contributed by atoms with Gasteiger partial charge in [-0.05, 0) is 61.2 Å². The van der Waals surface area contributed by atoms with Crippen LogP contribution in [0.4, 0.5) is 5.69 Å². The van der Waals surface area contributed by atoms with Gasteiger partial charge in [0.2, 0.25) is 21.8 Å². The largest absolute Gasteiger partial charge is 0.355 e. The Morgan fingerprint density at radius 2 is 1.63 bits per heavy atom. The number of benzene rings is 3. The van der Waals surface area contributed by atoms with E-state index in [-0.39, 0.29) is 18.9 Å². The first-order chi connectivity index (χ1) is 18.0. The molecule has 0 aliphatic carbocycles. The van der Waals surface area contributed by atoms with Crippen LogP contribution in [0.25, 0.3) is 0 Å². The molecule has 0 aromatic heterocycles. The molecule has 0 saturated carbocycles. The fourth-order valence-electron chi connectivity index (χ4n) is 4.26. The number of rotatable bonds is 11. The smallest absolute Gasteiger partial charge is 0.244 e. The molecule has 0 aliphatic rings. The van der Waals surface area contributed by atoms with Crippen LogP contribution < -0.4 is 9.62 Å². The van der Waals surface area contributed by atoms with Gasteiger partial charge in [0.15, 0.2) is 0 Å². The van der Waals surface area contributed by atoms with Gasteiger partial charge in [0.1, 0.15) is 12.6 Å². The number of carbonyl (C=O) groups excluding carboxylic acids is 2. The molecular weight excluding hydrogens is 522 g/mol. The second-order valence-electron chi connectivity index (χ2n) is 9.31. The molecule has 7 nitrogen and oxygen atoms in total. The zero-order valence-electron chi connectivity index (χ0n) is 22.1. The van der Waals surface area contributed by atoms with Gasteiger partial charge >= 0.3 is 0 Å². The van der Waals surface area contributed by atoms with Gasteiger partial charge in [-0.2, -0.15) is 0 Å². The Bertz CT molecular complexity index is 1380. The van der Waals surface area contributed by atoms with Crippen LogP contribution in [0.15, 0.2) is 72.8 Å². The average molecular weight is 556 g/mol. The van der Waals surface area contributed by atoms with Crippen molar-refractivity contribution in [2.24, 2.45) is 0 Å². The number of likely N-dealkylation sites (N-methyl/N-ethyl adjacent to an activating group) is 1. The first-order valence-corrected chi connectivity index (χ1v) is 14.6. The zero-order chi connectivity index (χ0) is 27.9. The number of anilines is 1. The second kappa shape index (κ2) is 12.9. The molecule has 0 heterocycles. The molecule has 9 heteroatoms. The van der Waals surface area contributed by atoms with Crippen LogP contribution in [-0.4, -0.2) is 50.5 Å². The second-order valence-corrected chi connectivity index (χ2v) is 11.7. The van der Waals surface area contributed by atoms with E-state index in [0.717, 1.165) is 32.8 Å². The molecule has 1 atom stereocenters. The van der Waals surface area contributed by atoms with Gasteiger partial charge in [0, 0.05) is 24.5 Å². The van der Waals surface area contributed by atoms with Gasteiger partial charge in [-0.15, -0.1) is 0 Å². The van der Waals surface area contributed by atoms with Crippen LogP contribution in [0.1, 0.15) is 29.2 Å². The molecule has 202 valence electrons. The van der Waals surface area contributed by atoms with Crippen LogP contribution in [0.3, 0.4) is 0 Å². The third kappa shape index (κ3) is 7.82. The number of nitrogens with one attached hydrogen (secondary N) is 1. The van der Waals surface area contributed by atoms with Gasteiger partial charge in [-0.3, -0.25) is 13.9 Å². The normalized spacial score (nSPS) is 12.0. The molecule has 1 N–H and O–H groups in total. The van der Waals surface area contributed by atoms with Crippen molar-refractivity contribution in [1.82, 2.24) is 10.2 Å². The molecule has 0 unspecified atom stereocenters. The minimum atomic E-state index is -3.82. The van der Waals surface area contributed by atoms with E-state index in [2.05, 4.69) is 5.32 Å². The third-order valence-corrected chi connectivity index (χ3v) is 7.54. The van der Waals surface area contributed by atoms with Gasteiger partial charge in [0.05, 0.1) is 11.9 Å². The SMILES string of the molecule is CCNC(=O)[C@H](Cc1ccccc1)N(Cc1cccc(Cl)c1)C(=O)CN(c1cc(C)ccc1C)S(C)(=O)=O. The van der Waals surface area contributed by atoms with Crippen LogP contribution >= 0.6 is 11.6 Å². The van der Waals surface area contributed by atoms with Gasteiger partial charge in [0.25, 0.3) is 0 Å². The summed E-state index contributed by atoms with van der Waals surface area (Å²) >= 11 is 6.22. The summed E-state index contributed by atoms with van der Waals surface area (Å²) in [6.45, 7) is 5.50. The predicted octanol–water partition coefficient (Wildman–Crippen LogP) is 4.50. The molecule has 0 bridgehead atoms. The fraction of sp³-hybridized carbons (Fsp3) is 0.310. The van der Waals surface area contributed by atoms with Crippen molar-refractivity contribution >= 4 is 39.1 Å². The molecule has 2 amide bonds. The van der Waals surface area contributed by atoms with E-state index in [0.29, 0.717) is 17.3 Å². The quantitative estimate of drug-likeness (QED) is 0.377. The number of hydrogen-bond donors (Lipinski definition) is 1. The number of halogens is 1. The highest BCUT2D eigenvalue weighted by atomic mass is 35.5. The molecule has 3 aromatic rings. The Labute approximate surface area is 230 Å². The molecule has 3 rings (SSSR count). The van der Waals surface area contributed by atoms with Crippen LogP contribution in [0, 0.1) is 13.8 Å². The molecule has 0 aliphatic heterocycles. The minimum absolute atomic E-state index is 0.0818. The first-order valence-electron chi connectivity index (χ1n) is 12.4. The van der Waals surface area contributed by atoms with Crippen molar-refractivity contribution in [3.8, 4) is 0 Å². The summed E-state index contributed by atoms with van der Waals surface area (Å²) in [5.41, 5.74) is 3.63. The first kappa shape index (κ1) is 29.2. The maximum absolute atomic E-state index is 14.0. The summed E-state index contributed by atoms with van der Waals surface area (Å²) < 4.78 is 26.9. The molecular formula is C29H34ClN3O4S. The van der Waals surface area contributed by atoms with Crippen molar-refractivity contribution < 1.29 is 18.0 Å². The molecule has 0 saturated heterocycles. The van der Waals surface area contributed by atoms with Crippen LogP contribution in [0.5, 0.6) is 0 Å². The third-order valence-electron chi connectivity index (χ3n) is 6.18. The van der Waals surface area contributed by atoms with Crippen LogP contribution in [-0.2, 0) is 32.6 Å². The standard InChI is InChI=1S/C29H34ClN3O4S/c1-5-31-29(35)27(18-23-10-7-6-8-11-23)32(19-24-12-9-13-25(30)17-24)28(34)20-33(38(4,36)37)26-16-21(2)14-15-22(26)3/h6-17,27H,5,18-20H2,1-4H3,(H,31,35)/t27-/m0/s1. The maximum atomic E-state index is 14.0. The Kier molecular flexibility index (Phi) is 9.94. The summed E-state index contributed by atoms with van der Waals surface area (Å²) in [5, 5.41) is 3.34. The molecule has 3 aromatic carbocycles. The van der Waals surface area contributed by atoms with Crippen LogP contribution in [0.2, 0.25) is 5.02 Å². The van der Waals surface area contributed by atoms with Crippen molar-refractivity contribution in [3.05, 3.63) is 100 Å². The number of sulfonamides is 1. The van der Waals surface area contributed by atoms with Gasteiger partial charge < -0.3 is 10.2 Å². The lowest BCUT2D eigenvalue weighted by molar-refractivity contribution is -0.140. The molecule has 0 radical (unpaired) electrons. The number of aryl methyl sites for hydroxylation is 2. The Hall–Kier alpha value is -3.36. The summed E-state index contributed by atoms with van der Waals surface area (Å²) in [7, 11) is -3.82. The van der Waals surface area contributed by atoms with Crippen molar-refractivity contribution in [1.29, 1.82) is 0 Å². The van der Waals surface area contributed by atoms with E-state index < -0.39 is 28.5 Å². The highest BCUT2D eigenvalue weighted by Gasteiger charge is 2.33. The lowest BCUT2D eigenvalue weighted by Gasteiger charge is -2.33. The van der Waals surface area contributed by atoms with Crippen molar-refractivity contribution in [2.45, 2.75) is 39.8 Å². The van der Waals surface area contributed by atoms with E-state index in [1.165, 1.54) is 4.90 Å². The maximum Gasteiger partial charge on any atom is 0.244 e. The van der Waals surface area contributed by atoms with Crippen molar-refractivity contribution in [3.63, 3.8) is 0 Å². The van der Waals surface area contributed by atoms with Crippen molar-refractivity contribution in [2.75, 3.05) is 23.7 Å². The number of carbonyl (C=O) groups is 2. The van der Waals surface area contributed by atoms with E-state index in [4.69, 9.17) is 11.6 Å². The zero-order valence-corrected chi connectivity index (χ0v) is 23.7. The fourth-order valence-corrected chi connectivity index (χ4v) is 5.37. The Morgan fingerprint density at radius 3 is 2.26 bits per heavy atom. The highest BCUT2D eigenvalue weighted by Crippen LogP contribution is 2.25. The monoisotopic (exact) mass is 555 g/mol. The Morgan fingerprint density at radius 1 is 0.947 bits per heavy atom. The van der Waals surface area contributed by atoms with Gasteiger partial charge in [-0.1, -0.05) is 66.2 Å². The minimum Gasteiger partial charge on any atom is -0.355 e. The van der Waals surface area contributed by atoms with E-state index in [1.54, 1.807) is 31.2 Å². The number of nitrogens with zero attached hydrogens (tertiary/aromatic N) is 2.